The zero-order chi connectivity index (χ0) is 16.1. The maximum absolute atomic E-state index is 12.3. The van der Waals surface area contributed by atoms with Crippen molar-refractivity contribution in [2.75, 3.05) is 26.2 Å². The molecule has 0 aromatic heterocycles. The second-order valence-electron chi connectivity index (χ2n) is 6.08. The maximum atomic E-state index is 12.3. The summed E-state index contributed by atoms with van der Waals surface area (Å²) in [5, 5.41) is 0. The molecule has 0 radical (unpaired) electrons. The Kier molecular flexibility index (Phi) is 7.52. The molecule has 128 valence electrons. The number of carbonyl (C=O) groups is 2. The molecule has 1 aromatic rings. The summed E-state index contributed by atoms with van der Waals surface area (Å²) in [6.45, 7) is 6.22. The normalized spacial score (nSPS) is 16.0. The molecule has 0 bridgehead atoms. The van der Waals surface area contributed by atoms with Crippen molar-refractivity contribution in [3.8, 4) is 0 Å². The van der Waals surface area contributed by atoms with Crippen molar-refractivity contribution in [3.05, 3.63) is 35.9 Å². The molecule has 1 atom stereocenters. The topological polar surface area (TPSA) is 66.6 Å². The van der Waals surface area contributed by atoms with E-state index in [0.29, 0.717) is 32.6 Å². The van der Waals surface area contributed by atoms with Gasteiger partial charge in [-0.25, -0.2) is 0 Å². The van der Waals surface area contributed by atoms with Gasteiger partial charge in [0, 0.05) is 44.6 Å². The fourth-order valence-electron chi connectivity index (χ4n) is 2.68. The second-order valence-corrected chi connectivity index (χ2v) is 6.08. The van der Waals surface area contributed by atoms with Gasteiger partial charge in [-0.15, -0.1) is 12.4 Å². The number of nitrogens with two attached hydrogens (primary N) is 1. The minimum atomic E-state index is -0.274. The van der Waals surface area contributed by atoms with Crippen LogP contribution in [0, 0.1) is 5.92 Å². The van der Waals surface area contributed by atoms with Crippen LogP contribution in [0.4, 0.5) is 0 Å². The predicted octanol–water partition coefficient (Wildman–Crippen LogP) is 1.83. The summed E-state index contributed by atoms with van der Waals surface area (Å²) in [7, 11) is 0. The van der Waals surface area contributed by atoms with E-state index in [1.165, 1.54) is 0 Å². The number of piperazine rings is 1. The monoisotopic (exact) mass is 339 g/mol. The van der Waals surface area contributed by atoms with Gasteiger partial charge in [0.25, 0.3) is 0 Å². The molecule has 1 aromatic carbocycles. The molecule has 1 heterocycles. The van der Waals surface area contributed by atoms with Gasteiger partial charge in [-0.05, 0) is 5.56 Å². The zero-order valence-corrected chi connectivity index (χ0v) is 14.6. The highest BCUT2D eigenvalue weighted by atomic mass is 35.5. The van der Waals surface area contributed by atoms with Gasteiger partial charge in [0.1, 0.15) is 0 Å². The lowest BCUT2D eigenvalue weighted by Crippen LogP contribution is -2.51. The van der Waals surface area contributed by atoms with E-state index in [9.17, 15) is 9.59 Å². The highest BCUT2D eigenvalue weighted by molar-refractivity contribution is 5.85. The third kappa shape index (κ3) is 5.22. The smallest absolute Gasteiger partial charge is 0.225 e. The number of rotatable bonds is 4. The summed E-state index contributed by atoms with van der Waals surface area (Å²) in [6, 6.07) is 9.40. The van der Waals surface area contributed by atoms with Crippen LogP contribution < -0.4 is 5.73 Å². The van der Waals surface area contributed by atoms with E-state index in [-0.39, 0.29) is 36.2 Å². The Labute approximate surface area is 144 Å². The lowest BCUT2D eigenvalue weighted by molar-refractivity contribution is -0.141. The lowest BCUT2D eigenvalue weighted by Gasteiger charge is -2.36. The molecule has 6 heteroatoms. The maximum Gasteiger partial charge on any atom is 0.225 e. The number of nitrogens with zero attached hydrogens (tertiary/aromatic N) is 2. The molecule has 1 aliphatic heterocycles. The molecule has 1 fully saturated rings. The molecule has 23 heavy (non-hydrogen) atoms. The van der Waals surface area contributed by atoms with E-state index < -0.39 is 0 Å². The van der Waals surface area contributed by atoms with E-state index in [2.05, 4.69) is 0 Å². The molecular weight excluding hydrogens is 314 g/mol. The van der Waals surface area contributed by atoms with E-state index in [1.807, 2.05) is 54.0 Å². The Morgan fingerprint density at radius 2 is 1.57 bits per heavy atom. The summed E-state index contributed by atoms with van der Waals surface area (Å²) in [5.41, 5.74) is 7.08. The standard InChI is InChI=1S/C17H25N3O2.ClH/c1-13(2)17(22)20-10-8-19(9-11-20)16(21)12-15(18)14-6-4-3-5-7-14;/h3-7,13,15H,8-12,18H2,1-2H3;1H. The first-order valence-electron chi connectivity index (χ1n) is 7.86. The van der Waals surface area contributed by atoms with Crippen molar-refractivity contribution in [2.45, 2.75) is 26.3 Å². The highest BCUT2D eigenvalue weighted by Crippen LogP contribution is 2.16. The molecule has 0 spiro atoms. The Morgan fingerprint density at radius 3 is 2.09 bits per heavy atom. The van der Waals surface area contributed by atoms with Crippen molar-refractivity contribution < 1.29 is 9.59 Å². The van der Waals surface area contributed by atoms with Crippen molar-refractivity contribution >= 4 is 24.2 Å². The number of benzene rings is 1. The molecule has 2 N–H and O–H groups in total. The SMILES string of the molecule is CC(C)C(=O)N1CCN(C(=O)CC(N)c2ccccc2)CC1.Cl. The third-order valence-electron chi connectivity index (χ3n) is 4.06. The first kappa shape index (κ1) is 19.5. The second kappa shape index (κ2) is 8.89. The van der Waals surface area contributed by atoms with Crippen LogP contribution in [0.5, 0.6) is 0 Å². The van der Waals surface area contributed by atoms with Gasteiger partial charge in [-0.3, -0.25) is 9.59 Å². The number of carbonyl (C=O) groups excluding carboxylic acids is 2. The minimum absolute atomic E-state index is 0. The number of halogens is 1. The number of amides is 2. The zero-order valence-electron chi connectivity index (χ0n) is 13.8. The van der Waals surface area contributed by atoms with Crippen LogP contribution in [0.3, 0.4) is 0 Å². The summed E-state index contributed by atoms with van der Waals surface area (Å²) in [6.07, 6.45) is 0.308. The predicted molar refractivity (Wildman–Crippen MR) is 93.2 cm³/mol. The Bertz CT molecular complexity index is 514. The van der Waals surface area contributed by atoms with Crippen molar-refractivity contribution in [1.29, 1.82) is 0 Å². The van der Waals surface area contributed by atoms with Crippen molar-refractivity contribution in [1.82, 2.24) is 9.80 Å². The summed E-state index contributed by atoms with van der Waals surface area (Å²) in [5.74, 6) is 0.231. The molecule has 2 rings (SSSR count). The Balaban J connectivity index is 0.00000264. The minimum Gasteiger partial charge on any atom is -0.339 e. The van der Waals surface area contributed by atoms with Crippen LogP contribution in [0.15, 0.2) is 30.3 Å². The quantitative estimate of drug-likeness (QED) is 0.910. The molecule has 1 aliphatic rings. The first-order valence-corrected chi connectivity index (χ1v) is 7.86. The molecule has 0 saturated carbocycles. The van der Waals surface area contributed by atoms with E-state index in [4.69, 9.17) is 5.73 Å². The van der Waals surface area contributed by atoms with Gasteiger partial charge in [0.05, 0.1) is 0 Å². The molecule has 2 amide bonds. The fraction of sp³-hybridized carbons (Fsp3) is 0.529. The van der Waals surface area contributed by atoms with E-state index in [1.54, 1.807) is 0 Å². The van der Waals surface area contributed by atoms with Crippen LogP contribution in [0.25, 0.3) is 0 Å². The summed E-state index contributed by atoms with van der Waals surface area (Å²) in [4.78, 5) is 27.9. The molecule has 1 unspecified atom stereocenters. The molecule has 1 saturated heterocycles. The van der Waals surface area contributed by atoms with Gasteiger partial charge in [0.2, 0.25) is 11.8 Å². The Morgan fingerprint density at radius 1 is 1.04 bits per heavy atom. The summed E-state index contributed by atoms with van der Waals surface area (Å²) >= 11 is 0. The summed E-state index contributed by atoms with van der Waals surface area (Å²) < 4.78 is 0. The lowest BCUT2D eigenvalue weighted by atomic mass is 10.0. The average molecular weight is 340 g/mol. The van der Waals surface area contributed by atoms with Crippen LogP contribution in [0.1, 0.15) is 31.9 Å². The van der Waals surface area contributed by atoms with Crippen molar-refractivity contribution in [3.63, 3.8) is 0 Å². The molecule has 5 nitrogen and oxygen atoms in total. The van der Waals surface area contributed by atoms with Crippen LogP contribution in [-0.2, 0) is 9.59 Å². The number of hydrogen-bond acceptors (Lipinski definition) is 3. The van der Waals surface area contributed by atoms with Crippen LogP contribution in [-0.4, -0.2) is 47.8 Å². The first-order chi connectivity index (χ1) is 10.5. The average Bonchev–Trinajstić information content (AvgIpc) is 2.55. The van der Waals surface area contributed by atoms with Crippen LogP contribution >= 0.6 is 12.4 Å². The van der Waals surface area contributed by atoms with Gasteiger partial charge in [0.15, 0.2) is 0 Å². The van der Waals surface area contributed by atoms with Crippen molar-refractivity contribution in [2.24, 2.45) is 11.7 Å². The Hall–Kier alpha value is -1.59. The van der Waals surface area contributed by atoms with Crippen LogP contribution in [0.2, 0.25) is 0 Å². The van der Waals surface area contributed by atoms with E-state index >= 15 is 0 Å². The fourth-order valence-corrected chi connectivity index (χ4v) is 2.68. The third-order valence-corrected chi connectivity index (χ3v) is 4.06. The van der Waals surface area contributed by atoms with Gasteiger partial charge in [-0.2, -0.15) is 0 Å². The highest BCUT2D eigenvalue weighted by Gasteiger charge is 2.26. The van der Waals surface area contributed by atoms with E-state index in [0.717, 1.165) is 5.56 Å². The number of hydrogen-bond donors (Lipinski definition) is 1. The van der Waals surface area contributed by atoms with Gasteiger partial charge in [-0.1, -0.05) is 44.2 Å². The molecule has 0 aliphatic carbocycles. The largest absolute Gasteiger partial charge is 0.339 e. The molecular formula is C17H26ClN3O2. The van der Waals surface area contributed by atoms with Gasteiger partial charge < -0.3 is 15.5 Å². The van der Waals surface area contributed by atoms with Gasteiger partial charge >= 0.3 is 0 Å².